The summed E-state index contributed by atoms with van der Waals surface area (Å²) in [4.78, 5) is 23.5. The van der Waals surface area contributed by atoms with Crippen molar-refractivity contribution in [2.75, 3.05) is 18.0 Å². The second kappa shape index (κ2) is 5.48. The van der Waals surface area contributed by atoms with Crippen LogP contribution in [-0.2, 0) is 0 Å². The van der Waals surface area contributed by atoms with Crippen LogP contribution >= 0.6 is 0 Å². The molecule has 6 nitrogen and oxygen atoms in total. The van der Waals surface area contributed by atoms with Gasteiger partial charge >= 0.3 is 5.97 Å². The molecule has 1 heterocycles. The van der Waals surface area contributed by atoms with E-state index in [0.29, 0.717) is 17.5 Å². The van der Waals surface area contributed by atoms with Crippen molar-refractivity contribution in [2.45, 2.75) is 20.3 Å². The molecule has 2 rings (SSSR count). The van der Waals surface area contributed by atoms with E-state index in [-0.39, 0.29) is 11.3 Å². The number of rotatable bonds is 3. The molecule has 2 unspecified atom stereocenters. The number of nitro benzene ring substituents is 1. The number of nitrogens with zero attached hydrogens (tertiary/aromatic N) is 2. The quantitative estimate of drug-likeness (QED) is 0.679. The van der Waals surface area contributed by atoms with Crippen molar-refractivity contribution in [1.82, 2.24) is 0 Å². The van der Waals surface area contributed by atoms with Gasteiger partial charge in [0, 0.05) is 25.2 Å². The Morgan fingerprint density at radius 2 is 2.10 bits per heavy atom. The number of nitro groups is 1. The Kier molecular flexibility index (Phi) is 3.92. The van der Waals surface area contributed by atoms with Crippen molar-refractivity contribution in [1.29, 1.82) is 0 Å². The lowest BCUT2D eigenvalue weighted by molar-refractivity contribution is -0.384. The van der Waals surface area contributed by atoms with Gasteiger partial charge in [-0.1, -0.05) is 13.8 Å². The standard InChI is InChI=1S/C14H18N2O4/c1-9-5-6-15(8-10(9)2)13-4-3-11(16(19)20)7-12(13)14(17)18/h3-4,7,9-10H,5-6,8H2,1-2H3,(H,17,18). The number of benzene rings is 1. The molecule has 1 aliphatic heterocycles. The number of anilines is 1. The summed E-state index contributed by atoms with van der Waals surface area (Å²) in [5.74, 6) is -0.0480. The van der Waals surface area contributed by atoms with E-state index in [1.165, 1.54) is 6.07 Å². The van der Waals surface area contributed by atoms with E-state index in [1.807, 2.05) is 4.90 Å². The monoisotopic (exact) mass is 278 g/mol. The Labute approximate surface area is 117 Å². The van der Waals surface area contributed by atoms with Gasteiger partial charge in [0.2, 0.25) is 0 Å². The molecule has 0 amide bonds. The summed E-state index contributed by atoms with van der Waals surface area (Å²) in [6.45, 7) is 5.89. The number of carboxylic acid groups (broad SMARTS) is 1. The largest absolute Gasteiger partial charge is 0.478 e. The zero-order valence-electron chi connectivity index (χ0n) is 11.6. The fourth-order valence-electron chi connectivity index (χ4n) is 2.57. The van der Waals surface area contributed by atoms with Gasteiger partial charge in [-0.25, -0.2) is 4.79 Å². The Morgan fingerprint density at radius 1 is 1.40 bits per heavy atom. The Balaban J connectivity index is 2.36. The van der Waals surface area contributed by atoms with E-state index in [0.717, 1.165) is 25.6 Å². The van der Waals surface area contributed by atoms with Crippen molar-refractivity contribution in [3.8, 4) is 0 Å². The van der Waals surface area contributed by atoms with Crippen LogP contribution in [0.5, 0.6) is 0 Å². The smallest absolute Gasteiger partial charge is 0.338 e. The van der Waals surface area contributed by atoms with Gasteiger partial charge in [-0.05, 0) is 24.3 Å². The average Bonchev–Trinajstić information content (AvgIpc) is 2.41. The minimum atomic E-state index is -1.13. The Morgan fingerprint density at radius 3 is 2.65 bits per heavy atom. The molecule has 2 atom stereocenters. The summed E-state index contributed by atoms with van der Waals surface area (Å²) in [7, 11) is 0. The number of carboxylic acids is 1. The lowest BCUT2D eigenvalue weighted by Gasteiger charge is -2.37. The molecule has 1 aromatic carbocycles. The van der Waals surface area contributed by atoms with Gasteiger partial charge in [0.1, 0.15) is 0 Å². The minimum absolute atomic E-state index is 0.000882. The van der Waals surface area contributed by atoms with Crippen LogP contribution in [0.15, 0.2) is 18.2 Å². The molecule has 20 heavy (non-hydrogen) atoms. The molecule has 108 valence electrons. The summed E-state index contributed by atoms with van der Waals surface area (Å²) < 4.78 is 0. The number of aromatic carboxylic acids is 1. The van der Waals surface area contributed by atoms with Crippen molar-refractivity contribution < 1.29 is 14.8 Å². The van der Waals surface area contributed by atoms with Crippen molar-refractivity contribution >= 4 is 17.3 Å². The highest BCUT2D eigenvalue weighted by molar-refractivity contribution is 5.95. The lowest BCUT2D eigenvalue weighted by Crippen LogP contribution is -2.39. The molecule has 0 radical (unpaired) electrons. The van der Waals surface area contributed by atoms with E-state index in [4.69, 9.17) is 0 Å². The molecule has 0 aliphatic carbocycles. The minimum Gasteiger partial charge on any atom is -0.478 e. The van der Waals surface area contributed by atoms with Gasteiger partial charge in [0.05, 0.1) is 16.2 Å². The van der Waals surface area contributed by atoms with Crippen LogP contribution in [-0.4, -0.2) is 29.1 Å². The van der Waals surface area contributed by atoms with E-state index < -0.39 is 10.9 Å². The second-order valence-electron chi connectivity index (χ2n) is 5.45. The lowest BCUT2D eigenvalue weighted by atomic mass is 9.88. The third-order valence-corrected chi connectivity index (χ3v) is 4.10. The molecule has 0 spiro atoms. The van der Waals surface area contributed by atoms with Gasteiger partial charge in [-0.15, -0.1) is 0 Å². The van der Waals surface area contributed by atoms with E-state index in [2.05, 4.69) is 13.8 Å². The summed E-state index contributed by atoms with van der Waals surface area (Å²) >= 11 is 0. The maximum atomic E-state index is 11.3. The normalized spacial score (nSPS) is 22.6. The first-order chi connectivity index (χ1) is 9.40. The molecule has 1 fully saturated rings. The van der Waals surface area contributed by atoms with Gasteiger partial charge in [0.15, 0.2) is 0 Å². The molecule has 0 bridgehead atoms. The number of piperidine rings is 1. The van der Waals surface area contributed by atoms with Gasteiger partial charge in [0.25, 0.3) is 5.69 Å². The number of hydrogen-bond acceptors (Lipinski definition) is 4. The van der Waals surface area contributed by atoms with Gasteiger partial charge in [-0.3, -0.25) is 10.1 Å². The van der Waals surface area contributed by atoms with Crippen LogP contribution in [0.25, 0.3) is 0 Å². The fraction of sp³-hybridized carbons (Fsp3) is 0.500. The summed E-state index contributed by atoms with van der Waals surface area (Å²) in [6, 6.07) is 4.05. The number of non-ortho nitro benzene ring substituents is 1. The van der Waals surface area contributed by atoms with E-state index >= 15 is 0 Å². The highest BCUT2D eigenvalue weighted by atomic mass is 16.6. The van der Waals surface area contributed by atoms with Crippen LogP contribution in [0.4, 0.5) is 11.4 Å². The SMILES string of the molecule is CC1CCN(c2ccc([N+](=O)[O-])cc2C(=O)O)CC1C. The van der Waals surface area contributed by atoms with Crippen LogP contribution < -0.4 is 4.90 Å². The summed E-state index contributed by atoms with van der Waals surface area (Å²) in [5.41, 5.74) is 0.382. The first-order valence-corrected chi connectivity index (χ1v) is 6.67. The van der Waals surface area contributed by atoms with Gasteiger partial charge in [-0.2, -0.15) is 0 Å². The molecule has 0 aromatic heterocycles. The first-order valence-electron chi connectivity index (χ1n) is 6.67. The molecule has 6 heteroatoms. The van der Waals surface area contributed by atoms with Crippen molar-refractivity contribution in [3.05, 3.63) is 33.9 Å². The Bertz CT molecular complexity index is 544. The second-order valence-corrected chi connectivity index (χ2v) is 5.45. The predicted molar refractivity (Wildman–Crippen MR) is 75.2 cm³/mol. The highest BCUT2D eigenvalue weighted by Crippen LogP contribution is 2.31. The molecular formula is C14H18N2O4. The summed E-state index contributed by atoms with van der Waals surface area (Å²) in [6.07, 6.45) is 0.997. The van der Waals surface area contributed by atoms with Crippen molar-refractivity contribution in [3.63, 3.8) is 0 Å². The fourth-order valence-corrected chi connectivity index (χ4v) is 2.57. The van der Waals surface area contributed by atoms with E-state index in [1.54, 1.807) is 6.07 Å². The molecule has 0 saturated carbocycles. The molecule has 1 aromatic rings. The maximum Gasteiger partial charge on any atom is 0.338 e. The maximum absolute atomic E-state index is 11.3. The van der Waals surface area contributed by atoms with Crippen LogP contribution in [0.2, 0.25) is 0 Å². The van der Waals surface area contributed by atoms with Crippen molar-refractivity contribution in [2.24, 2.45) is 11.8 Å². The Hall–Kier alpha value is -2.11. The molecule has 1 saturated heterocycles. The molecule has 1 N–H and O–H groups in total. The van der Waals surface area contributed by atoms with Gasteiger partial charge < -0.3 is 10.0 Å². The zero-order chi connectivity index (χ0) is 14.9. The van der Waals surface area contributed by atoms with Crippen LogP contribution in [0.1, 0.15) is 30.6 Å². The van der Waals surface area contributed by atoms with Crippen LogP contribution in [0.3, 0.4) is 0 Å². The average molecular weight is 278 g/mol. The topological polar surface area (TPSA) is 83.7 Å². The predicted octanol–water partition coefficient (Wildman–Crippen LogP) is 2.78. The third-order valence-electron chi connectivity index (χ3n) is 4.10. The zero-order valence-corrected chi connectivity index (χ0v) is 11.6. The number of hydrogen-bond donors (Lipinski definition) is 1. The number of carbonyl (C=O) groups is 1. The third kappa shape index (κ3) is 2.74. The van der Waals surface area contributed by atoms with Crippen LogP contribution in [0, 0.1) is 22.0 Å². The highest BCUT2D eigenvalue weighted by Gasteiger charge is 2.26. The summed E-state index contributed by atoms with van der Waals surface area (Å²) in [5, 5.41) is 20.0. The molecular weight excluding hydrogens is 260 g/mol. The first kappa shape index (κ1) is 14.3. The van der Waals surface area contributed by atoms with E-state index in [9.17, 15) is 20.0 Å². The molecule has 1 aliphatic rings.